The Hall–Kier alpha value is -1.43. The van der Waals surface area contributed by atoms with Crippen molar-refractivity contribution in [1.82, 2.24) is 9.97 Å². The molecule has 0 unspecified atom stereocenters. The van der Waals surface area contributed by atoms with Crippen molar-refractivity contribution in [2.24, 2.45) is 0 Å². The van der Waals surface area contributed by atoms with E-state index in [2.05, 4.69) is 15.3 Å². The second-order valence-electron chi connectivity index (χ2n) is 4.08. The molecule has 1 aromatic rings. The molecule has 7 heteroatoms. The maximum Gasteiger partial charge on any atom is 0.348 e. The van der Waals surface area contributed by atoms with Crippen LogP contribution >= 0.6 is 11.6 Å². The van der Waals surface area contributed by atoms with Gasteiger partial charge >= 0.3 is 5.69 Å². The van der Waals surface area contributed by atoms with Gasteiger partial charge in [0, 0.05) is 5.54 Å². The van der Waals surface area contributed by atoms with Crippen LogP contribution in [0.5, 0.6) is 0 Å². The first kappa shape index (κ1) is 14.6. The first-order valence-electron chi connectivity index (χ1n) is 5.92. The van der Waals surface area contributed by atoms with E-state index in [1.807, 2.05) is 20.8 Å². The lowest BCUT2D eigenvalue weighted by molar-refractivity contribution is -0.384. The van der Waals surface area contributed by atoms with Crippen molar-refractivity contribution in [3.63, 3.8) is 0 Å². The average Bonchev–Trinajstić information content (AvgIpc) is 2.35. The maximum absolute atomic E-state index is 11.0. The highest BCUT2D eigenvalue weighted by Crippen LogP contribution is 2.33. The molecule has 6 nitrogen and oxygen atoms in total. The van der Waals surface area contributed by atoms with E-state index in [-0.39, 0.29) is 22.2 Å². The minimum Gasteiger partial charge on any atom is -0.359 e. The Balaban J connectivity index is 3.18. The van der Waals surface area contributed by atoms with Crippen molar-refractivity contribution in [3.8, 4) is 0 Å². The predicted molar refractivity (Wildman–Crippen MR) is 70.9 cm³/mol. The third kappa shape index (κ3) is 2.87. The highest BCUT2D eigenvalue weighted by Gasteiger charge is 2.29. The van der Waals surface area contributed by atoms with E-state index in [0.717, 1.165) is 19.3 Å². The van der Waals surface area contributed by atoms with E-state index in [1.165, 1.54) is 6.33 Å². The zero-order chi connectivity index (χ0) is 13.8. The summed E-state index contributed by atoms with van der Waals surface area (Å²) in [6, 6.07) is 0. The van der Waals surface area contributed by atoms with Crippen molar-refractivity contribution in [3.05, 3.63) is 21.6 Å². The molecule has 18 heavy (non-hydrogen) atoms. The SMILES string of the molecule is CCC(CC)(CC)Nc1ncnc(Cl)c1[N+](=O)[O-]. The van der Waals surface area contributed by atoms with E-state index in [1.54, 1.807) is 0 Å². The molecule has 100 valence electrons. The van der Waals surface area contributed by atoms with Crippen LogP contribution in [0.4, 0.5) is 11.5 Å². The van der Waals surface area contributed by atoms with E-state index >= 15 is 0 Å². The number of rotatable bonds is 6. The van der Waals surface area contributed by atoms with Crippen molar-refractivity contribution >= 4 is 23.1 Å². The molecule has 0 fully saturated rings. The second-order valence-corrected chi connectivity index (χ2v) is 4.44. The molecule has 1 rings (SSSR count). The van der Waals surface area contributed by atoms with Crippen molar-refractivity contribution in [2.45, 2.75) is 45.6 Å². The van der Waals surface area contributed by atoms with Crippen LogP contribution in [0.1, 0.15) is 40.0 Å². The minimum absolute atomic E-state index is 0.144. The average molecular weight is 273 g/mol. The summed E-state index contributed by atoms with van der Waals surface area (Å²) in [6.07, 6.45) is 3.76. The number of hydrogen-bond donors (Lipinski definition) is 1. The summed E-state index contributed by atoms with van der Waals surface area (Å²) >= 11 is 5.75. The fraction of sp³-hybridized carbons (Fsp3) is 0.636. The Bertz CT molecular complexity index is 427. The number of nitrogens with zero attached hydrogens (tertiary/aromatic N) is 3. The smallest absolute Gasteiger partial charge is 0.348 e. The van der Waals surface area contributed by atoms with Crippen molar-refractivity contribution in [1.29, 1.82) is 0 Å². The largest absolute Gasteiger partial charge is 0.359 e. The van der Waals surface area contributed by atoms with Gasteiger partial charge in [0.25, 0.3) is 0 Å². The predicted octanol–water partition coefficient (Wildman–Crippen LogP) is 3.42. The molecule has 0 saturated carbocycles. The zero-order valence-corrected chi connectivity index (χ0v) is 11.5. The summed E-state index contributed by atoms with van der Waals surface area (Å²) in [4.78, 5) is 18.0. The number of nitrogens with one attached hydrogen (secondary N) is 1. The van der Waals surface area contributed by atoms with E-state index in [4.69, 9.17) is 11.6 Å². The fourth-order valence-electron chi connectivity index (χ4n) is 1.88. The molecule has 0 amide bonds. The highest BCUT2D eigenvalue weighted by atomic mass is 35.5. The summed E-state index contributed by atoms with van der Waals surface area (Å²) in [6.45, 7) is 6.11. The Morgan fingerprint density at radius 1 is 1.33 bits per heavy atom. The third-order valence-corrected chi connectivity index (χ3v) is 3.65. The monoisotopic (exact) mass is 272 g/mol. The first-order valence-corrected chi connectivity index (χ1v) is 6.30. The van der Waals surface area contributed by atoms with Crippen LogP contribution < -0.4 is 5.32 Å². The highest BCUT2D eigenvalue weighted by molar-refractivity contribution is 6.31. The maximum atomic E-state index is 11.0. The van der Waals surface area contributed by atoms with Gasteiger partial charge in [-0.3, -0.25) is 10.1 Å². The summed E-state index contributed by atoms with van der Waals surface area (Å²) in [5, 5.41) is 14.0. The third-order valence-electron chi connectivity index (χ3n) is 3.37. The van der Waals surface area contributed by atoms with E-state index in [0.29, 0.717) is 0 Å². The Morgan fingerprint density at radius 2 is 1.89 bits per heavy atom. The molecular formula is C11H17ClN4O2. The van der Waals surface area contributed by atoms with Gasteiger partial charge in [-0.1, -0.05) is 32.4 Å². The van der Waals surface area contributed by atoms with Gasteiger partial charge in [-0.2, -0.15) is 0 Å². The topological polar surface area (TPSA) is 81.0 Å². The molecule has 0 aliphatic rings. The first-order chi connectivity index (χ1) is 8.49. The standard InChI is InChI=1S/C11H17ClN4O2/c1-4-11(5-2,6-3)15-10-8(16(17)18)9(12)13-7-14-10/h7H,4-6H2,1-3H3,(H,13,14,15). The molecule has 0 radical (unpaired) electrons. The van der Waals surface area contributed by atoms with Crippen LogP contribution in [0.3, 0.4) is 0 Å². The van der Waals surface area contributed by atoms with Gasteiger partial charge in [-0.25, -0.2) is 9.97 Å². The molecule has 1 heterocycles. The van der Waals surface area contributed by atoms with Gasteiger partial charge < -0.3 is 5.32 Å². The lowest BCUT2D eigenvalue weighted by Crippen LogP contribution is -2.36. The van der Waals surface area contributed by atoms with Gasteiger partial charge in [0.05, 0.1) is 4.92 Å². The molecule has 0 spiro atoms. The fourth-order valence-corrected chi connectivity index (χ4v) is 2.08. The number of nitro groups is 1. The minimum atomic E-state index is -0.559. The van der Waals surface area contributed by atoms with Gasteiger partial charge in [0.15, 0.2) is 0 Å². The van der Waals surface area contributed by atoms with Gasteiger partial charge in [-0.05, 0) is 19.3 Å². The molecule has 1 aromatic heterocycles. The van der Waals surface area contributed by atoms with Crippen LogP contribution in [0.15, 0.2) is 6.33 Å². The molecule has 0 aromatic carbocycles. The Kier molecular flexibility index (Phi) is 4.84. The molecule has 0 aliphatic heterocycles. The lowest BCUT2D eigenvalue weighted by Gasteiger charge is -2.32. The summed E-state index contributed by atoms with van der Waals surface area (Å²) in [5.74, 6) is 0.186. The number of aromatic nitrogens is 2. The summed E-state index contributed by atoms with van der Waals surface area (Å²) in [5.41, 5.74) is -0.471. The van der Waals surface area contributed by atoms with Crippen molar-refractivity contribution in [2.75, 3.05) is 5.32 Å². The quantitative estimate of drug-likeness (QED) is 0.487. The van der Waals surface area contributed by atoms with Crippen molar-refractivity contribution < 1.29 is 4.92 Å². The molecule has 0 saturated heterocycles. The molecule has 0 bridgehead atoms. The summed E-state index contributed by atoms with van der Waals surface area (Å²) in [7, 11) is 0. The molecule has 1 N–H and O–H groups in total. The number of hydrogen-bond acceptors (Lipinski definition) is 5. The molecular weight excluding hydrogens is 256 g/mol. The Labute approximate surface area is 111 Å². The number of anilines is 1. The van der Waals surface area contributed by atoms with Crippen LogP contribution in [0, 0.1) is 10.1 Å². The van der Waals surface area contributed by atoms with Gasteiger partial charge in [0.2, 0.25) is 11.0 Å². The summed E-state index contributed by atoms with van der Waals surface area (Å²) < 4.78 is 0. The van der Waals surface area contributed by atoms with E-state index in [9.17, 15) is 10.1 Å². The van der Waals surface area contributed by atoms with Crippen LogP contribution in [0.2, 0.25) is 5.15 Å². The Morgan fingerprint density at radius 3 is 2.33 bits per heavy atom. The molecule has 0 atom stereocenters. The lowest BCUT2D eigenvalue weighted by atomic mass is 9.90. The van der Waals surface area contributed by atoms with Crippen LogP contribution in [-0.2, 0) is 0 Å². The zero-order valence-electron chi connectivity index (χ0n) is 10.7. The number of halogens is 1. The van der Waals surface area contributed by atoms with Gasteiger partial charge in [0.1, 0.15) is 6.33 Å². The van der Waals surface area contributed by atoms with Crippen LogP contribution in [0.25, 0.3) is 0 Å². The second kappa shape index (κ2) is 5.95. The molecule has 0 aliphatic carbocycles. The normalized spacial score (nSPS) is 11.3. The van der Waals surface area contributed by atoms with Gasteiger partial charge in [-0.15, -0.1) is 0 Å². The van der Waals surface area contributed by atoms with E-state index < -0.39 is 4.92 Å². The van der Waals surface area contributed by atoms with Crippen LogP contribution in [-0.4, -0.2) is 20.4 Å².